The first-order chi connectivity index (χ1) is 8.22. The topological polar surface area (TPSA) is 79.8 Å². The van der Waals surface area contributed by atoms with E-state index in [1.165, 1.54) is 0 Å². The number of nitriles is 1. The highest BCUT2D eigenvalue weighted by Crippen LogP contribution is 2.21. The van der Waals surface area contributed by atoms with E-state index in [4.69, 9.17) is 11.0 Å². The van der Waals surface area contributed by atoms with Gasteiger partial charge in [-0.2, -0.15) is 5.26 Å². The zero-order valence-corrected chi connectivity index (χ0v) is 8.92. The zero-order chi connectivity index (χ0) is 12.3. The van der Waals surface area contributed by atoms with Gasteiger partial charge in [-0.3, -0.25) is 4.79 Å². The molecule has 1 aromatic heterocycles. The van der Waals surface area contributed by atoms with Crippen molar-refractivity contribution < 1.29 is 4.79 Å². The minimum atomic E-state index is -0.509. The number of nitrogens with zero attached hydrogens (tertiary/aromatic N) is 2. The predicted octanol–water partition coefficient (Wildman–Crippen LogP) is 1.72. The first-order valence-electron chi connectivity index (χ1n) is 4.98. The van der Waals surface area contributed by atoms with E-state index in [9.17, 15) is 4.79 Å². The van der Waals surface area contributed by atoms with Crippen molar-refractivity contribution in [3.63, 3.8) is 0 Å². The molecule has 0 aliphatic heterocycles. The van der Waals surface area contributed by atoms with Gasteiger partial charge in [-0.15, -0.1) is 0 Å². The SMILES string of the molecule is N#Cc1cccc(-c2ccccc2C(N)=O)n1. The van der Waals surface area contributed by atoms with Crippen LogP contribution in [0, 0.1) is 11.3 Å². The molecule has 0 spiro atoms. The molecule has 0 saturated heterocycles. The number of amides is 1. The van der Waals surface area contributed by atoms with Gasteiger partial charge in [-0.25, -0.2) is 4.98 Å². The van der Waals surface area contributed by atoms with Gasteiger partial charge in [0, 0.05) is 11.1 Å². The first-order valence-corrected chi connectivity index (χ1v) is 4.98. The molecule has 0 radical (unpaired) electrons. The molecule has 0 bridgehead atoms. The van der Waals surface area contributed by atoms with Gasteiger partial charge >= 0.3 is 0 Å². The number of hydrogen-bond donors (Lipinski definition) is 1. The number of aromatic nitrogens is 1. The van der Waals surface area contributed by atoms with Crippen LogP contribution < -0.4 is 5.73 Å². The van der Waals surface area contributed by atoms with Crippen LogP contribution in [0.2, 0.25) is 0 Å². The minimum Gasteiger partial charge on any atom is -0.366 e. The molecule has 82 valence electrons. The number of benzene rings is 1. The van der Waals surface area contributed by atoms with Crippen LogP contribution in [0.5, 0.6) is 0 Å². The van der Waals surface area contributed by atoms with Crippen LogP contribution in [0.25, 0.3) is 11.3 Å². The van der Waals surface area contributed by atoms with Crippen molar-refractivity contribution in [3.05, 3.63) is 53.7 Å². The molecule has 17 heavy (non-hydrogen) atoms. The predicted molar refractivity (Wildman–Crippen MR) is 62.9 cm³/mol. The molecule has 2 rings (SSSR count). The van der Waals surface area contributed by atoms with Crippen LogP contribution in [0.1, 0.15) is 16.1 Å². The highest BCUT2D eigenvalue weighted by molar-refractivity contribution is 5.99. The highest BCUT2D eigenvalue weighted by atomic mass is 16.1. The third-order valence-electron chi connectivity index (χ3n) is 2.33. The molecule has 1 amide bonds. The molecule has 0 aliphatic carbocycles. The van der Waals surface area contributed by atoms with E-state index < -0.39 is 5.91 Å². The normalized spacial score (nSPS) is 9.59. The Kier molecular flexibility index (Phi) is 2.84. The summed E-state index contributed by atoms with van der Waals surface area (Å²) in [7, 11) is 0. The maximum atomic E-state index is 11.3. The minimum absolute atomic E-state index is 0.307. The Morgan fingerprint density at radius 2 is 1.94 bits per heavy atom. The molecule has 2 N–H and O–H groups in total. The Bertz CT molecular complexity index is 614. The number of carbonyl (C=O) groups excluding carboxylic acids is 1. The monoisotopic (exact) mass is 223 g/mol. The summed E-state index contributed by atoms with van der Waals surface area (Å²) in [6.07, 6.45) is 0. The second-order valence-electron chi connectivity index (χ2n) is 3.43. The standard InChI is InChI=1S/C13H9N3O/c14-8-9-4-3-7-12(16-9)10-5-1-2-6-11(10)13(15)17/h1-7H,(H2,15,17). The third kappa shape index (κ3) is 2.13. The fourth-order valence-corrected chi connectivity index (χ4v) is 1.57. The summed E-state index contributed by atoms with van der Waals surface area (Å²) in [4.78, 5) is 15.4. The van der Waals surface area contributed by atoms with Crippen molar-refractivity contribution in [2.24, 2.45) is 5.73 Å². The van der Waals surface area contributed by atoms with Crippen molar-refractivity contribution in [2.75, 3.05) is 0 Å². The van der Waals surface area contributed by atoms with E-state index in [2.05, 4.69) is 4.98 Å². The Balaban J connectivity index is 2.61. The molecule has 4 heteroatoms. The molecule has 1 heterocycles. The van der Waals surface area contributed by atoms with E-state index in [0.29, 0.717) is 22.5 Å². The van der Waals surface area contributed by atoms with Crippen LogP contribution in [-0.4, -0.2) is 10.9 Å². The first kappa shape index (κ1) is 10.8. The Hall–Kier alpha value is -2.67. The molecule has 1 aromatic carbocycles. The summed E-state index contributed by atoms with van der Waals surface area (Å²) < 4.78 is 0. The average molecular weight is 223 g/mol. The van der Waals surface area contributed by atoms with Gasteiger partial charge in [-0.1, -0.05) is 24.3 Å². The number of rotatable bonds is 2. The number of pyridine rings is 1. The maximum Gasteiger partial charge on any atom is 0.249 e. The lowest BCUT2D eigenvalue weighted by Crippen LogP contribution is -2.12. The maximum absolute atomic E-state index is 11.3. The Morgan fingerprint density at radius 1 is 1.18 bits per heavy atom. The van der Waals surface area contributed by atoms with E-state index in [1.807, 2.05) is 6.07 Å². The summed E-state index contributed by atoms with van der Waals surface area (Å²) in [6.45, 7) is 0. The van der Waals surface area contributed by atoms with Gasteiger partial charge in [0.05, 0.1) is 5.69 Å². The van der Waals surface area contributed by atoms with Crippen molar-refractivity contribution in [3.8, 4) is 17.3 Å². The van der Waals surface area contributed by atoms with Crippen LogP contribution in [0.3, 0.4) is 0 Å². The summed E-state index contributed by atoms with van der Waals surface area (Å²) in [5, 5.41) is 8.78. The molecule has 0 unspecified atom stereocenters. The Morgan fingerprint density at radius 3 is 2.65 bits per heavy atom. The number of nitrogens with two attached hydrogens (primary N) is 1. The van der Waals surface area contributed by atoms with E-state index >= 15 is 0 Å². The molecule has 0 aliphatic rings. The van der Waals surface area contributed by atoms with Crippen molar-refractivity contribution >= 4 is 5.91 Å². The van der Waals surface area contributed by atoms with Gasteiger partial charge in [0.1, 0.15) is 11.8 Å². The smallest absolute Gasteiger partial charge is 0.249 e. The summed E-state index contributed by atoms with van der Waals surface area (Å²) in [6, 6.07) is 13.9. The second kappa shape index (κ2) is 4.45. The van der Waals surface area contributed by atoms with E-state index in [0.717, 1.165) is 0 Å². The van der Waals surface area contributed by atoms with Gasteiger partial charge in [0.15, 0.2) is 0 Å². The summed E-state index contributed by atoms with van der Waals surface area (Å²) in [5.74, 6) is -0.509. The van der Waals surface area contributed by atoms with Crippen LogP contribution in [0.4, 0.5) is 0 Å². The van der Waals surface area contributed by atoms with E-state index in [1.54, 1.807) is 42.5 Å². The largest absolute Gasteiger partial charge is 0.366 e. The number of hydrogen-bond acceptors (Lipinski definition) is 3. The van der Waals surface area contributed by atoms with Crippen molar-refractivity contribution in [1.29, 1.82) is 5.26 Å². The summed E-state index contributed by atoms with van der Waals surface area (Å²) >= 11 is 0. The highest BCUT2D eigenvalue weighted by Gasteiger charge is 2.10. The Labute approximate surface area is 98.3 Å². The lowest BCUT2D eigenvalue weighted by atomic mass is 10.0. The van der Waals surface area contributed by atoms with Crippen LogP contribution in [-0.2, 0) is 0 Å². The lowest BCUT2D eigenvalue weighted by Gasteiger charge is -2.05. The van der Waals surface area contributed by atoms with Gasteiger partial charge in [0.2, 0.25) is 5.91 Å². The van der Waals surface area contributed by atoms with E-state index in [-0.39, 0.29) is 0 Å². The van der Waals surface area contributed by atoms with Crippen molar-refractivity contribution in [1.82, 2.24) is 4.98 Å². The molecular formula is C13H9N3O. The number of carbonyl (C=O) groups is 1. The lowest BCUT2D eigenvalue weighted by molar-refractivity contribution is 0.100. The molecule has 2 aromatic rings. The fourth-order valence-electron chi connectivity index (χ4n) is 1.57. The van der Waals surface area contributed by atoms with Crippen LogP contribution >= 0.6 is 0 Å². The second-order valence-corrected chi connectivity index (χ2v) is 3.43. The fraction of sp³-hybridized carbons (Fsp3) is 0. The van der Waals surface area contributed by atoms with Crippen molar-refractivity contribution in [2.45, 2.75) is 0 Å². The molecular weight excluding hydrogens is 214 g/mol. The molecule has 0 saturated carbocycles. The molecule has 0 atom stereocenters. The summed E-state index contributed by atoms with van der Waals surface area (Å²) in [5.41, 5.74) is 7.20. The molecule has 4 nitrogen and oxygen atoms in total. The van der Waals surface area contributed by atoms with Gasteiger partial charge < -0.3 is 5.73 Å². The molecule has 0 fully saturated rings. The third-order valence-corrected chi connectivity index (χ3v) is 2.33. The zero-order valence-electron chi connectivity index (χ0n) is 8.92. The quantitative estimate of drug-likeness (QED) is 0.841. The van der Waals surface area contributed by atoms with Crippen LogP contribution in [0.15, 0.2) is 42.5 Å². The average Bonchev–Trinajstić information content (AvgIpc) is 2.39. The van der Waals surface area contributed by atoms with Gasteiger partial charge in [0.25, 0.3) is 0 Å². The van der Waals surface area contributed by atoms with Gasteiger partial charge in [-0.05, 0) is 18.2 Å². The number of primary amides is 1.